The first-order valence-electron chi connectivity index (χ1n) is 7.47. The fourth-order valence-electron chi connectivity index (χ4n) is 1.91. The van der Waals surface area contributed by atoms with Crippen molar-refractivity contribution in [2.24, 2.45) is 0 Å². The van der Waals surface area contributed by atoms with Crippen molar-refractivity contribution in [2.75, 3.05) is 42.2 Å². The Bertz CT molecular complexity index is 450. The lowest BCUT2D eigenvalue weighted by atomic mass is 10.5. The van der Waals surface area contributed by atoms with Crippen molar-refractivity contribution in [2.45, 2.75) is 19.4 Å². The molecule has 0 bridgehead atoms. The van der Waals surface area contributed by atoms with Crippen LogP contribution in [0.4, 0.5) is 0 Å². The minimum Gasteiger partial charge on any atom is -0.466 e. The topological polar surface area (TPSA) is 130 Å². The van der Waals surface area contributed by atoms with E-state index < -0.39 is 42.4 Å². The Labute approximate surface area is 157 Å². The molecule has 1 aliphatic heterocycles. The number of rotatable bonds is 11. The lowest BCUT2D eigenvalue weighted by Gasteiger charge is -2.44. The molecule has 0 aromatic carbocycles. The minimum atomic E-state index is -3.97. The molecule has 2 unspecified atom stereocenters. The molecule has 0 spiro atoms. The fraction of sp³-hybridized carbons (Fsp3) is 0.900. The lowest BCUT2D eigenvalue weighted by molar-refractivity contribution is -0.141. The average molecular weight is 450 g/mol. The molecule has 1 rings (SSSR count). The highest BCUT2D eigenvalue weighted by Crippen LogP contribution is 2.34. The summed E-state index contributed by atoms with van der Waals surface area (Å²) in [5.41, 5.74) is 0. The Balaban J connectivity index is 3.01. The van der Waals surface area contributed by atoms with Crippen LogP contribution in [0.5, 0.6) is 0 Å². The van der Waals surface area contributed by atoms with E-state index in [-0.39, 0.29) is 19.1 Å². The van der Waals surface area contributed by atoms with Gasteiger partial charge in [0.05, 0.1) is 6.61 Å². The van der Waals surface area contributed by atoms with Crippen LogP contribution in [0.2, 0.25) is 6.04 Å². The standard InChI is InChI=1S/C10H25O12Si4/c1-10(11)18-8-7-9-24(12)20-25(15-4,16-5)22-26(17-6,21-24)19-23(13-2)14-3/h12H,7-9H2,1-6H3. The van der Waals surface area contributed by atoms with Crippen molar-refractivity contribution in [3.8, 4) is 0 Å². The van der Waals surface area contributed by atoms with Crippen molar-refractivity contribution in [1.29, 1.82) is 0 Å². The third kappa shape index (κ3) is 6.52. The zero-order valence-corrected chi connectivity index (χ0v) is 19.6. The first-order valence-corrected chi connectivity index (χ1v) is 13.9. The molecule has 153 valence electrons. The van der Waals surface area contributed by atoms with E-state index in [1.165, 1.54) is 42.5 Å². The Morgan fingerprint density at radius 3 is 1.96 bits per heavy atom. The van der Waals surface area contributed by atoms with E-state index in [0.29, 0.717) is 0 Å². The molecule has 1 heterocycles. The molecule has 0 saturated carbocycles. The summed E-state index contributed by atoms with van der Waals surface area (Å²) >= 11 is 0. The molecule has 0 amide bonds. The minimum absolute atomic E-state index is 0.0363. The third-order valence-electron chi connectivity index (χ3n) is 3.05. The number of ether oxygens (including phenoxy) is 1. The summed E-state index contributed by atoms with van der Waals surface area (Å²) in [6, 6.07) is 0.0363. The number of carbonyl (C=O) groups is 1. The van der Waals surface area contributed by atoms with E-state index in [9.17, 15) is 9.59 Å². The highest BCUT2D eigenvalue weighted by Gasteiger charge is 2.71. The van der Waals surface area contributed by atoms with Gasteiger partial charge in [-0.25, -0.2) is 0 Å². The van der Waals surface area contributed by atoms with Gasteiger partial charge in [0.15, 0.2) is 0 Å². The zero-order valence-electron chi connectivity index (χ0n) is 15.6. The van der Waals surface area contributed by atoms with Gasteiger partial charge in [-0.15, -0.1) is 0 Å². The van der Waals surface area contributed by atoms with Crippen LogP contribution in [0.1, 0.15) is 13.3 Å². The van der Waals surface area contributed by atoms with Crippen LogP contribution in [0.25, 0.3) is 0 Å². The molecule has 2 atom stereocenters. The van der Waals surface area contributed by atoms with Crippen LogP contribution >= 0.6 is 0 Å². The average Bonchev–Trinajstić information content (AvgIpc) is 2.62. The first-order chi connectivity index (χ1) is 12.2. The van der Waals surface area contributed by atoms with Gasteiger partial charge in [0.25, 0.3) is 0 Å². The molecule has 0 aromatic rings. The predicted octanol–water partition coefficient (Wildman–Crippen LogP) is -0.961. The fourth-order valence-corrected chi connectivity index (χ4v) is 14.5. The Kier molecular flexibility index (Phi) is 9.66. The summed E-state index contributed by atoms with van der Waals surface area (Å²) in [5, 5.41) is 0. The molecule has 1 radical (unpaired) electrons. The summed E-state index contributed by atoms with van der Waals surface area (Å²) < 4.78 is 53.4. The van der Waals surface area contributed by atoms with Crippen LogP contribution in [-0.4, -0.2) is 89.3 Å². The zero-order chi connectivity index (χ0) is 19.8. The molecular formula is C10H25O12Si4. The van der Waals surface area contributed by atoms with Crippen molar-refractivity contribution in [3.63, 3.8) is 0 Å². The summed E-state index contributed by atoms with van der Waals surface area (Å²) in [7, 11) is -7.28. The van der Waals surface area contributed by atoms with Crippen molar-refractivity contribution >= 4 is 42.4 Å². The van der Waals surface area contributed by atoms with Gasteiger partial charge in [-0.1, -0.05) is 0 Å². The van der Waals surface area contributed by atoms with Gasteiger partial charge in [-0.3, -0.25) is 4.79 Å². The molecule has 0 aliphatic carbocycles. The lowest BCUT2D eigenvalue weighted by Crippen LogP contribution is -2.75. The maximum absolute atomic E-state index is 10.9. The van der Waals surface area contributed by atoms with E-state index in [1.807, 2.05) is 0 Å². The predicted molar refractivity (Wildman–Crippen MR) is 90.7 cm³/mol. The second-order valence-corrected chi connectivity index (χ2v) is 14.6. The molecule has 26 heavy (non-hydrogen) atoms. The largest absolute Gasteiger partial charge is 0.665 e. The van der Waals surface area contributed by atoms with Crippen molar-refractivity contribution < 1.29 is 52.9 Å². The molecule has 1 aliphatic rings. The Morgan fingerprint density at radius 2 is 1.50 bits per heavy atom. The smallest absolute Gasteiger partial charge is 0.466 e. The molecule has 12 nitrogen and oxygen atoms in total. The summed E-state index contributed by atoms with van der Waals surface area (Å²) in [6.07, 6.45) is 0.279. The molecular weight excluding hydrogens is 424 g/mol. The quantitative estimate of drug-likeness (QED) is 0.237. The van der Waals surface area contributed by atoms with E-state index in [2.05, 4.69) is 0 Å². The number of hydrogen-bond donors (Lipinski definition) is 1. The maximum atomic E-state index is 10.9. The highest BCUT2D eigenvalue weighted by atomic mass is 28.6. The monoisotopic (exact) mass is 449 g/mol. The normalized spacial score (nSPS) is 28.3. The van der Waals surface area contributed by atoms with E-state index in [4.69, 9.17) is 43.3 Å². The molecule has 1 saturated heterocycles. The van der Waals surface area contributed by atoms with Gasteiger partial charge in [0, 0.05) is 48.5 Å². The van der Waals surface area contributed by atoms with Crippen molar-refractivity contribution in [3.05, 3.63) is 0 Å². The van der Waals surface area contributed by atoms with E-state index in [1.54, 1.807) is 0 Å². The van der Waals surface area contributed by atoms with Crippen LogP contribution in [0, 0.1) is 0 Å². The number of esters is 1. The van der Waals surface area contributed by atoms with Gasteiger partial charge in [0.2, 0.25) is 0 Å². The number of hydrogen-bond acceptors (Lipinski definition) is 12. The van der Waals surface area contributed by atoms with Gasteiger partial charge in [-0.2, -0.15) is 0 Å². The first kappa shape index (κ1) is 24.0. The van der Waals surface area contributed by atoms with Gasteiger partial charge >= 0.3 is 42.4 Å². The highest BCUT2D eigenvalue weighted by molar-refractivity contribution is 6.85. The Morgan fingerprint density at radius 1 is 0.962 bits per heavy atom. The second kappa shape index (κ2) is 10.5. The SMILES string of the molecule is CO[Si](OC)O[Si]1(OC)O[Si](O)(CCCOC(C)=O)O[Si](OC)(OC)O1. The van der Waals surface area contributed by atoms with Gasteiger partial charge < -0.3 is 48.1 Å². The van der Waals surface area contributed by atoms with Crippen LogP contribution in [0.3, 0.4) is 0 Å². The van der Waals surface area contributed by atoms with E-state index in [0.717, 1.165) is 0 Å². The van der Waals surface area contributed by atoms with Crippen LogP contribution in [-0.2, 0) is 48.1 Å². The third-order valence-corrected chi connectivity index (χ3v) is 14.4. The molecule has 0 aromatic heterocycles. The van der Waals surface area contributed by atoms with E-state index >= 15 is 0 Å². The summed E-state index contributed by atoms with van der Waals surface area (Å²) in [4.78, 5) is 21.8. The van der Waals surface area contributed by atoms with Gasteiger partial charge in [0.1, 0.15) is 0 Å². The Hall–Kier alpha value is -0.0625. The summed E-state index contributed by atoms with van der Waals surface area (Å²) in [6.45, 7) is 1.37. The summed E-state index contributed by atoms with van der Waals surface area (Å²) in [5.74, 6) is -0.429. The van der Waals surface area contributed by atoms with Crippen LogP contribution in [0.15, 0.2) is 0 Å². The molecule has 1 N–H and O–H groups in total. The maximum Gasteiger partial charge on any atom is 0.665 e. The molecule has 16 heteroatoms. The van der Waals surface area contributed by atoms with Crippen molar-refractivity contribution in [1.82, 2.24) is 0 Å². The molecule has 1 fully saturated rings. The second-order valence-electron chi connectivity index (χ2n) is 4.84. The number of carbonyl (C=O) groups excluding carboxylic acids is 1. The van der Waals surface area contributed by atoms with Gasteiger partial charge in [-0.05, 0) is 6.42 Å². The van der Waals surface area contributed by atoms with Crippen LogP contribution < -0.4 is 0 Å².